The zero-order chi connectivity index (χ0) is 22.1. The van der Waals surface area contributed by atoms with Gasteiger partial charge < -0.3 is 24.4 Å². The highest BCUT2D eigenvalue weighted by Crippen LogP contribution is 2.32. The third-order valence-corrected chi connectivity index (χ3v) is 5.97. The molecule has 1 atom stereocenters. The first-order valence-electron chi connectivity index (χ1n) is 10.9. The lowest BCUT2D eigenvalue weighted by atomic mass is 10.1. The summed E-state index contributed by atoms with van der Waals surface area (Å²) in [5.41, 5.74) is 2.53. The van der Waals surface area contributed by atoms with E-state index >= 15 is 0 Å². The fourth-order valence-electron chi connectivity index (χ4n) is 4.17. The zero-order valence-corrected chi connectivity index (χ0v) is 18.0. The number of aryl methyl sites for hydroxylation is 1. The van der Waals surface area contributed by atoms with Gasteiger partial charge in [-0.25, -0.2) is 14.8 Å². The van der Waals surface area contributed by atoms with Gasteiger partial charge in [0.25, 0.3) is 0 Å². The van der Waals surface area contributed by atoms with Crippen molar-refractivity contribution >= 4 is 22.8 Å². The average molecular weight is 434 g/mol. The lowest BCUT2D eigenvalue weighted by Gasteiger charge is -2.35. The van der Waals surface area contributed by atoms with Crippen molar-refractivity contribution in [2.24, 2.45) is 0 Å². The van der Waals surface area contributed by atoms with Crippen LogP contribution in [0.3, 0.4) is 0 Å². The molecule has 0 unspecified atom stereocenters. The molecule has 0 radical (unpaired) electrons. The van der Waals surface area contributed by atoms with Crippen LogP contribution in [0.25, 0.3) is 22.3 Å². The standard InChI is InChI=1S/C24H26N4O4/c1-16-6-7-18-20(14-16)25-22(19-4-2-3-5-21(19)29)26-23(18)27-9-11-28(12-10-27)24(30)32-17-8-13-31-15-17/h2-7,14,17,29H,8-13,15H2,1H3/t17-/m0/s1. The maximum Gasteiger partial charge on any atom is 0.410 e. The van der Waals surface area contributed by atoms with Crippen molar-refractivity contribution in [3.05, 3.63) is 48.0 Å². The minimum atomic E-state index is -0.279. The maximum absolute atomic E-state index is 12.5. The van der Waals surface area contributed by atoms with E-state index in [1.54, 1.807) is 17.0 Å². The Morgan fingerprint density at radius 3 is 2.69 bits per heavy atom. The molecule has 2 saturated heterocycles. The van der Waals surface area contributed by atoms with Crippen molar-refractivity contribution in [1.29, 1.82) is 0 Å². The number of phenols is 1. The number of phenolic OH excluding ortho intramolecular Hbond substituents is 1. The molecule has 3 aromatic rings. The number of para-hydroxylation sites is 1. The lowest BCUT2D eigenvalue weighted by molar-refractivity contribution is 0.0534. The van der Waals surface area contributed by atoms with E-state index in [1.165, 1.54) is 0 Å². The van der Waals surface area contributed by atoms with E-state index in [1.807, 2.05) is 37.3 Å². The van der Waals surface area contributed by atoms with E-state index in [0.29, 0.717) is 50.8 Å². The number of piperazine rings is 1. The zero-order valence-electron chi connectivity index (χ0n) is 18.0. The molecule has 166 valence electrons. The van der Waals surface area contributed by atoms with Gasteiger partial charge in [0.15, 0.2) is 5.82 Å². The van der Waals surface area contributed by atoms with Crippen LogP contribution < -0.4 is 4.90 Å². The predicted octanol–water partition coefficient (Wildman–Crippen LogP) is 3.36. The normalized spacial score (nSPS) is 18.8. The largest absolute Gasteiger partial charge is 0.507 e. The predicted molar refractivity (Wildman–Crippen MR) is 121 cm³/mol. The van der Waals surface area contributed by atoms with Crippen molar-refractivity contribution < 1.29 is 19.4 Å². The number of rotatable bonds is 3. The Kier molecular flexibility index (Phi) is 5.53. The summed E-state index contributed by atoms with van der Waals surface area (Å²) >= 11 is 0. The molecule has 2 aliphatic rings. The van der Waals surface area contributed by atoms with Crippen molar-refractivity contribution in [2.45, 2.75) is 19.4 Å². The van der Waals surface area contributed by atoms with Gasteiger partial charge in [-0.2, -0.15) is 0 Å². The first-order valence-corrected chi connectivity index (χ1v) is 10.9. The monoisotopic (exact) mass is 434 g/mol. The molecule has 0 saturated carbocycles. The first-order chi connectivity index (χ1) is 15.6. The molecule has 8 nitrogen and oxygen atoms in total. The van der Waals surface area contributed by atoms with E-state index in [0.717, 1.165) is 28.7 Å². The Morgan fingerprint density at radius 2 is 1.94 bits per heavy atom. The number of benzene rings is 2. The molecule has 8 heteroatoms. The molecule has 1 N–H and O–H groups in total. The van der Waals surface area contributed by atoms with Crippen molar-refractivity contribution in [3.8, 4) is 17.1 Å². The minimum absolute atomic E-state index is 0.143. The Labute approximate surface area is 186 Å². The van der Waals surface area contributed by atoms with Gasteiger partial charge in [-0.3, -0.25) is 0 Å². The SMILES string of the molecule is Cc1ccc2c(N3CCN(C(=O)O[C@H]4CCOC4)CC3)nc(-c3ccccc3O)nc2c1. The maximum atomic E-state index is 12.5. The number of nitrogens with zero attached hydrogens (tertiary/aromatic N) is 4. The number of hydrogen-bond acceptors (Lipinski definition) is 7. The molecule has 2 aliphatic heterocycles. The minimum Gasteiger partial charge on any atom is -0.507 e. The van der Waals surface area contributed by atoms with E-state index < -0.39 is 0 Å². The molecule has 0 spiro atoms. The molecule has 0 aliphatic carbocycles. The Balaban J connectivity index is 1.41. The van der Waals surface area contributed by atoms with Gasteiger partial charge in [0, 0.05) is 38.0 Å². The second-order valence-electron chi connectivity index (χ2n) is 8.25. The average Bonchev–Trinajstić information content (AvgIpc) is 3.31. The van der Waals surface area contributed by atoms with Crippen LogP contribution in [-0.2, 0) is 9.47 Å². The van der Waals surface area contributed by atoms with E-state index in [4.69, 9.17) is 19.4 Å². The number of carbonyl (C=O) groups is 1. The fraction of sp³-hybridized carbons (Fsp3) is 0.375. The van der Waals surface area contributed by atoms with Crippen molar-refractivity contribution in [1.82, 2.24) is 14.9 Å². The fourth-order valence-corrected chi connectivity index (χ4v) is 4.17. The summed E-state index contributed by atoms with van der Waals surface area (Å²) < 4.78 is 10.8. The highest BCUT2D eigenvalue weighted by atomic mass is 16.6. The highest BCUT2D eigenvalue weighted by molar-refractivity contribution is 5.92. The van der Waals surface area contributed by atoms with E-state index in [2.05, 4.69) is 4.90 Å². The molecule has 3 heterocycles. The van der Waals surface area contributed by atoms with Crippen LogP contribution in [0.15, 0.2) is 42.5 Å². The van der Waals surface area contributed by atoms with Gasteiger partial charge >= 0.3 is 6.09 Å². The highest BCUT2D eigenvalue weighted by Gasteiger charge is 2.28. The number of ether oxygens (including phenoxy) is 2. The van der Waals surface area contributed by atoms with Crippen LogP contribution in [0, 0.1) is 6.92 Å². The molecule has 5 rings (SSSR count). The number of aromatic nitrogens is 2. The van der Waals surface area contributed by atoms with Crippen LogP contribution >= 0.6 is 0 Å². The Hall–Kier alpha value is -3.39. The van der Waals surface area contributed by atoms with Gasteiger partial charge in [-0.1, -0.05) is 18.2 Å². The number of amides is 1. The molecule has 1 amide bonds. The Morgan fingerprint density at radius 1 is 1.12 bits per heavy atom. The molecular formula is C24H26N4O4. The molecule has 1 aromatic heterocycles. The summed E-state index contributed by atoms with van der Waals surface area (Å²) in [6.07, 6.45) is 0.335. The van der Waals surface area contributed by atoms with Crippen LogP contribution in [0.5, 0.6) is 5.75 Å². The third kappa shape index (κ3) is 4.05. The summed E-state index contributed by atoms with van der Waals surface area (Å²) in [6, 6.07) is 13.2. The van der Waals surface area contributed by atoms with Crippen LogP contribution in [0.1, 0.15) is 12.0 Å². The van der Waals surface area contributed by atoms with Gasteiger partial charge in [0.2, 0.25) is 0 Å². The molecule has 2 aromatic carbocycles. The van der Waals surface area contributed by atoms with Crippen LogP contribution in [0.2, 0.25) is 0 Å². The number of carbonyl (C=O) groups excluding carboxylic acids is 1. The van der Waals surface area contributed by atoms with Gasteiger partial charge in [0.1, 0.15) is 17.7 Å². The molecular weight excluding hydrogens is 408 g/mol. The molecule has 2 fully saturated rings. The van der Waals surface area contributed by atoms with Crippen molar-refractivity contribution in [2.75, 3.05) is 44.3 Å². The van der Waals surface area contributed by atoms with Gasteiger partial charge in [0.05, 0.1) is 24.3 Å². The van der Waals surface area contributed by atoms with Crippen molar-refractivity contribution in [3.63, 3.8) is 0 Å². The van der Waals surface area contributed by atoms with Gasteiger partial charge in [-0.15, -0.1) is 0 Å². The van der Waals surface area contributed by atoms with E-state index in [9.17, 15) is 9.90 Å². The summed E-state index contributed by atoms with van der Waals surface area (Å²) in [6.45, 7) is 5.53. The summed E-state index contributed by atoms with van der Waals surface area (Å²) in [7, 11) is 0. The smallest absolute Gasteiger partial charge is 0.410 e. The topological polar surface area (TPSA) is 88.0 Å². The van der Waals surface area contributed by atoms with Crippen LogP contribution in [-0.4, -0.2) is 71.6 Å². The molecule has 0 bridgehead atoms. The summed E-state index contributed by atoms with van der Waals surface area (Å²) in [4.78, 5) is 26.0. The summed E-state index contributed by atoms with van der Waals surface area (Å²) in [5.74, 6) is 1.44. The lowest BCUT2D eigenvalue weighted by Crippen LogP contribution is -2.49. The third-order valence-electron chi connectivity index (χ3n) is 5.97. The second kappa shape index (κ2) is 8.63. The molecule has 32 heavy (non-hydrogen) atoms. The number of fused-ring (bicyclic) bond motifs is 1. The van der Waals surface area contributed by atoms with E-state index in [-0.39, 0.29) is 17.9 Å². The second-order valence-corrected chi connectivity index (χ2v) is 8.25. The summed E-state index contributed by atoms with van der Waals surface area (Å²) in [5, 5.41) is 11.3. The number of anilines is 1. The number of hydrogen-bond donors (Lipinski definition) is 1. The Bertz CT molecular complexity index is 1140. The quantitative estimate of drug-likeness (QED) is 0.676. The van der Waals surface area contributed by atoms with Crippen LogP contribution in [0.4, 0.5) is 10.6 Å². The first kappa shape index (κ1) is 20.5. The van der Waals surface area contributed by atoms with Gasteiger partial charge in [-0.05, 0) is 36.8 Å². The number of aromatic hydroxyl groups is 1.